The Morgan fingerprint density at radius 2 is 2.00 bits per heavy atom. The van der Waals surface area contributed by atoms with E-state index < -0.39 is 0 Å². The van der Waals surface area contributed by atoms with Crippen molar-refractivity contribution < 1.29 is 14.3 Å². The number of methoxy groups -OCH3 is 2. The van der Waals surface area contributed by atoms with Crippen molar-refractivity contribution in [2.45, 2.75) is 6.42 Å². The molecule has 0 amide bonds. The molecule has 6 heteroatoms. The van der Waals surface area contributed by atoms with Crippen LogP contribution in [0.5, 0.6) is 11.5 Å². The molecule has 0 aliphatic heterocycles. The van der Waals surface area contributed by atoms with Crippen LogP contribution >= 0.6 is 25.2 Å². The van der Waals surface area contributed by atoms with E-state index in [0.717, 1.165) is 10.6 Å². The van der Waals surface area contributed by atoms with Gasteiger partial charge in [-0.05, 0) is 34.2 Å². The normalized spacial score (nSPS) is 9.41. The molecular formula is C11H14BrLiO3P. The van der Waals surface area contributed by atoms with Crippen LogP contribution in [-0.2, 0) is 0 Å². The fourth-order valence-electron chi connectivity index (χ4n) is 1.43. The average molecular weight is 312 g/mol. The van der Waals surface area contributed by atoms with Gasteiger partial charge in [-0.3, -0.25) is 4.79 Å². The van der Waals surface area contributed by atoms with E-state index in [1.807, 2.05) is 0 Å². The van der Waals surface area contributed by atoms with Gasteiger partial charge < -0.3 is 9.47 Å². The molecule has 3 nitrogen and oxygen atoms in total. The summed E-state index contributed by atoms with van der Waals surface area (Å²) in [5.41, 5.74) is 0.502. The zero-order chi connectivity index (χ0) is 12.1. The maximum atomic E-state index is 12.0. The molecule has 1 rings (SSSR count). The van der Waals surface area contributed by atoms with Crippen LogP contribution in [0.4, 0.5) is 0 Å². The van der Waals surface area contributed by atoms with Crippen molar-refractivity contribution in [1.82, 2.24) is 0 Å². The Bertz CT molecular complexity index is 399. The number of hydrogen-bond donors (Lipinski definition) is 0. The molecule has 0 heterocycles. The van der Waals surface area contributed by atoms with Crippen LogP contribution in [-0.4, -0.2) is 45.0 Å². The maximum Gasteiger partial charge on any atom is 0.170 e. The molecule has 1 unspecified atom stereocenters. The molecule has 0 fully saturated rings. The number of rotatable bonds is 5. The van der Waals surface area contributed by atoms with Crippen molar-refractivity contribution in [1.29, 1.82) is 0 Å². The quantitative estimate of drug-likeness (QED) is 0.476. The molecule has 1 atom stereocenters. The second kappa shape index (κ2) is 8.16. The third-order valence-corrected chi connectivity index (χ3v) is 3.06. The summed E-state index contributed by atoms with van der Waals surface area (Å²) in [6.45, 7) is 0. The first-order valence-electron chi connectivity index (χ1n) is 4.79. The molecular weight excluding hydrogens is 298 g/mol. The largest absolute Gasteiger partial charge is 0.496 e. The number of halogens is 1. The zero-order valence-electron chi connectivity index (χ0n) is 10.2. The van der Waals surface area contributed by atoms with Crippen LogP contribution in [0.15, 0.2) is 16.6 Å². The molecule has 0 aromatic heterocycles. The fourth-order valence-corrected chi connectivity index (χ4v) is 2.18. The molecule has 0 N–H and O–H groups in total. The van der Waals surface area contributed by atoms with Crippen molar-refractivity contribution in [2.75, 3.05) is 20.4 Å². The molecule has 17 heavy (non-hydrogen) atoms. The topological polar surface area (TPSA) is 35.5 Å². The monoisotopic (exact) mass is 311 g/mol. The maximum absolute atomic E-state index is 12.0. The van der Waals surface area contributed by atoms with Crippen LogP contribution in [0, 0.1) is 0 Å². The van der Waals surface area contributed by atoms with Gasteiger partial charge in [0.25, 0.3) is 0 Å². The first-order valence-corrected chi connectivity index (χ1v) is 6.40. The third-order valence-electron chi connectivity index (χ3n) is 2.15. The molecule has 1 aromatic rings. The van der Waals surface area contributed by atoms with E-state index in [-0.39, 0.29) is 24.6 Å². The van der Waals surface area contributed by atoms with Gasteiger partial charge in [0, 0.05) is 25.3 Å². The van der Waals surface area contributed by atoms with E-state index in [2.05, 4.69) is 25.2 Å². The molecule has 0 bridgehead atoms. The smallest absolute Gasteiger partial charge is 0.170 e. The standard InChI is InChI=1S/C11H14BrO3P.Li/c1-14-9-4-3-7(12)11(15-2)10(9)8(13)5-6-16;/h3-4H,5-6,16H2,1-2H3;. The number of ether oxygens (including phenoxy) is 2. The minimum atomic E-state index is 0. The SMILES string of the molecule is COc1ccc(Br)c(OC)c1C(=O)CCP.[Li]. The van der Waals surface area contributed by atoms with Gasteiger partial charge in [-0.1, -0.05) is 0 Å². The Kier molecular flexibility index (Phi) is 8.16. The van der Waals surface area contributed by atoms with Gasteiger partial charge >= 0.3 is 0 Å². The van der Waals surface area contributed by atoms with Crippen LogP contribution in [0.1, 0.15) is 16.8 Å². The number of carbonyl (C=O) groups excluding carboxylic acids is 1. The molecule has 1 aromatic carbocycles. The summed E-state index contributed by atoms with van der Waals surface area (Å²) in [6.07, 6.45) is 1.17. The van der Waals surface area contributed by atoms with E-state index in [0.29, 0.717) is 23.5 Å². The number of hydrogen-bond acceptors (Lipinski definition) is 3. The first kappa shape index (κ1) is 17.0. The van der Waals surface area contributed by atoms with Crippen LogP contribution in [0.3, 0.4) is 0 Å². The Hall–Kier alpha value is -0.00260. The van der Waals surface area contributed by atoms with Gasteiger partial charge in [0.05, 0.1) is 18.7 Å². The molecule has 0 spiro atoms. The summed E-state index contributed by atoms with van der Waals surface area (Å²) in [5, 5.41) is 0. The predicted octanol–water partition coefficient (Wildman–Crippen LogP) is 2.53. The predicted molar refractivity (Wildman–Crippen MR) is 76.5 cm³/mol. The second-order valence-corrected chi connectivity index (χ2v) is 4.55. The molecule has 0 saturated heterocycles. The summed E-state index contributed by atoms with van der Waals surface area (Å²) < 4.78 is 11.2. The van der Waals surface area contributed by atoms with Gasteiger partial charge in [-0.25, -0.2) is 0 Å². The molecule has 0 aliphatic rings. The summed E-state index contributed by atoms with van der Waals surface area (Å²) in [4.78, 5) is 12.0. The van der Waals surface area contributed by atoms with E-state index in [1.165, 1.54) is 7.11 Å². The second-order valence-electron chi connectivity index (χ2n) is 3.12. The number of benzene rings is 1. The summed E-state index contributed by atoms with van der Waals surface area (Å²) in [6, 6.07) is 3.55. The number of ketones is 1. The van der Waals surface area contributed by atoms with Gasteiger partial charge in [0.1, 0.15) is 17.1 Å². The summed E-state index contributed by atoms with van der Waals surface area (Å²) in [7, 11) is 5.62. The van der Waals surface area contributed by atoms with E-state index in [4.69, 9.17) is 9.47 Å². The Labute approximate surface area is 124 Å². The van der Waals surface area contributed by atoms with Crippen molar-refractivity contribution >= 4 is 49.8 Å². The van der Waals surface area contributed by atoms with Gasteiger partial charge in [-0.2, -0.15) is 0 Å². The average Bonchev–Trinajstić information content (AvgIpc) is 2.28. The van der Waals surface area contributed by atoms with Crippen molar-refractivity contribution in [3.63, 3.8) is 0 Å². The van der Waals surface area contributed by atoms with Crippen LogP contribution in [0.2, 0.25) is 0 Å². The van der Waals surface area contributed by atoms with Gasteiger partial charge in [0.2, 0.25) is 0 Å². The Morgan fingerprint density at radius 1 is 1.35 bits per heavy atom. The summed E-state index contributed by atoms with van der Waals surface area (Å²) in [5.74, 6) is 1.09. The Morgan fingerprint density at radius 3 is 2.47 bits per heavy atom. The van der Waals surface area contributed by atoms with E-state index in [9.17, 15) is 4.79 Å². The third kappa shape index (κ3) is 4.00. The van der Waals surface area contributed by atoms with Gasteiger partial charge in [-0.15, -0.1) is 9.24 Å². The van der Waals surface area contributed by atoms with Crippen LogP contribution < -0.4 is 9.47 Å². The van der Waals surface area contributed by atoms with Crippen molar-refractivity contribution in [3.05, 3.63) is 22.2 Å². The molecule has 0 aliphatic carbocycles. The van der Waals surface area contributed by atoms with E-state index in [1.54, 1.807) is 19.2 Å². The zero-order valence-corrected chi connectivity index (χ0v) is 13.0. The van der Waals surface area contributed by atoms with Crippen LogP contribution in [0.25, 0.3) is 0 Å². The molecule has 0 saturated carbocycles. The molecule has 1 radical (unpaired) electrons. The summed E-state index contributed by atoms with van der Waals surface area (Å²) >= 11 is 3.35. The van der Waals surface area contributed by atoms with Crippen molar-refractivity contribution in [2.24, 2.45) is 0 Å². The van der Waals surface area contributed by atoms with E-state index >= 15 is 0 Å². The fraction of sp³-hybridized carbons (Fsp3) is 0.364. The van der Waals surface area contributed by atoms with Crippen molar-refractivity contribution in [3.8, 4) is 11.5 Å². The van der Waals surface area contributed by atoms with Gasteiger partial charge in [0.15, 0.2) is 5.78 Å². The molecule has 89 valence electrons. The first-order chi connectivity index (χ1) is 7.65. The Balaban J connectivity index is 0.00000256. The number of carbonyl (C=O) groups is 1. The minimum absolute atomic E-state index is 0. The minimum Gasteiger partial charge on any atom is -0.496 e. The number of Topliss-reactive ketones (excluding diaryl/α,β-unsaturated/α-hetero) is 1.